The molecule has 2 amide bonds. The molecule has 0 bridgehead atoms. The molecule has 1 fully saturated rings. The van der Waals surface area contributed by atoms with Crippen molar-refractivity contribution in [3.63, 3.8) is 0 Å². The second-order valence-electron chi connectivity index (χ2n) is 13.1. The second-order valence-corrected chi connectivity index (χ2v) is 15.0. The van der Waals surface area contributed by atoms with E-state index >= 15 is 0 Å². The Hall–Kier alpha value is -4.13. The van der Waals surface area contributed by atoms with Crippen LogP contribution < -0.4 is 14.2 Å². The second kappa shape index (κ2) is 17.5. The number of sulfonamides is 1. The predicted octanol–water partition coefficient (Wildman–Crippen LogP) is 5.86. The number of nitrogens with one attached hydrogen (secondary N) is 1. The third-order valence-electron chi connectivity index (χ3n) is 7.94. The van der Waals surface area contributed by atoms with E-state index < -0.39 is 33.7 Å². The van der Waals surface area contributed by atoms with Crippen molar-refractivity contribution in [2.75, 3.05) is 32.1 Å². The van der Waals surface area contributed by atoms with E-state index in [0.29, 0.717) is 17.1 Å². The number of carbonyl (C=O) groups excluding carboxylic acids is 2. The number of benzene rings is 3. The van der Waals surface area contributed by atoms with Crippen LogP contribution in [0.3, 0.4) is 0 Å². The Balaban J connectivity index is 1.45. The van der Waals surface area contributed by atoms with Crippen molar-refractivity contribution in [2.45, 2.75) is 77.1 Å². The first-order valence-electron chi connectivity index (χ1n) is 16.7. The summed E-state index contributed by atoms with van der Waals surface area (Å²) in [6.45, 7) is 5.43. The van der Waals surface area contributed by atoms with Gasteiger partial charge in [0.25, 0.3) is 5.91 Å². The van der Waals surface area contributed by atoms with Gasteiger partial charge in [-0.3, -0.25) is 4.79 Å². The molecule has 1 aliphatic rings. The number of aliphatic hydroxyl groups is 2. The number of aliphatic hydroxyl groups excluding tert-OH is 2. The molecule has 12 heteroatoms. The molecule has 3 aromatic rings. The van der Waals surface area contributed by atoms with Gasteiger partial charge in [0.15, 0.2) is 0 Å². The highest BCUT2D eigenvalue weighted by molar-refractivity contribution is 7.90. The van der Waals surface area contributed by atoms with E-state index in [4.69, 9.17) is 19.3 Å². The fourth-order valence-corrected chi connectivity index (χ4v) is 6.45. The van der Waals surface area contributed by atoms with Crippen molar-refractivity contribution >= 4 is 22.0 Å². The molecular weight excluding hydrogens is 648 g/mol. The standard InChI is InChI=1S/C37H48N2O9S/c1-37(2,3)48-36(43)39(26-33(41)28-11-6-4-7-12-28)21-23-46-30-18-15-27(16-19-30)29-17-20-32(35(42)38-49(44,45)24-10-22-40)34(25-29)47-31-13-8-5-9-14-31/h4,6-7,11-12,15-20,25,31,33,40-41H,5,8-10,13-14,21-24,26H2,1-3H3,(H,38,42)/t33-/m0/s1. The van der Waals surface area contributed by atoms with Gasteiger partial charge in [-0.2, -0.15) is 0 Å². The molecule has 0 spiro atoms. The summed E-state index contributed by atoms with van der Waals surface area (Å²) < 4.78 is 44.7. The molecular formula is C37H48N2O9S. The molecule has 11 nitrogen and oxygen atoms in total. The van der Waals surface area contributed by atoms with Crippen LogP contribution in [0.5, 0.6) is 11.5 Å². The van der Waals surface area contributed by atoms with Crippen LogP contribution in [0.25, 0.3) is 11.1 Å². The average Bonchev–Trinajstić information content (AvgIpc) is 3.07. The van der Waals surface area contributed by atoms with Crippen LogP contribution in [0, 0.1) is 0 Å². The first-order chi connectivity index (χ1) is 23.3. The lowest BCUT2D eigenvalue weighted by atomic mass is 9.97. The Labute approximate surface area is 289 Å². The molecule has 1 aliphatic carbocycles. The Morgan fingerprint density at radius 2 is 1.63 bits per heavy atom. The molecule has 4 rings (SSSR count). The Bertz CT molecular complexity index is 1620. The zero-order chi connectivity index (χ0) is 35.4. The minimum Gasteiger partial charge on any atom is -0.492 e. The molecule has 0 saturated heterocycles. The molecule has 3 N–H and O–H groups in total. The number of hydrogen-bond acceptors (Lipinski definition) is 9. The Morgan fingerprint density at radius 3 is 2.29 bits per heavy atom. The normalized spacial score (nSPS) is 14.5. The number of ether oxygens (including phenoxy) is 3. The molecule has 266 valence electrons. The zero-order valence-electron chi connectivity index (χ0n) is 28.5. The maximum absolute atomic E-state index is 13.1. The molecule has 0 heterocycles. The summed E-state index contributed by atoms with van der Waals surface area (Å²) >= 11 is 0. The molecule has 0 aromatic heterocycles. The van der Waals surface area contributed by atoms with Gasteiger partial charge in [0.1, 0.15) is 23.7 Å². The van der Waals surface area contributed by atoms with E-state index in [-0.39, 0.29) is 50.1 Å². The summed E-state index contributed by atoms with van der Waals surface area (Å²) in [7, 11) is -3.92. The van der Waals surface area contributed by atoms with E-state index in [9.17, 15) is 23.1 Å². The van der Waals surface area contributed by atoms with E-state index in [0.717, 1.165) is 43.2 Å². The first kappa shape index (κ1) is 37.7. The van der Waals surface area contributed by atoms with Gasteiger partial charge < -0.3 is 29.3 Å². The highest BCUT2D eigenvalue weighted by Crippen LogP contribution is 2.32. The number of carbonyl (C=O) groups is 2. The van der Waals surface area contributed by atoms with Gasteiger partial charge in [-0.15, -0.1) is 0 Å². The number of nitrogens with zero attached hydrogens (tertiary/aromatic N) is 1. The SMILES string of the molecule is CC(C)(C)OC(=O)N(CCOc1ccc(-c2ccc(C(=O)NS(=O)(=O)CCCO)c(OC3CCCCC3)c2)cc1)C[C@H](O)c1ccccc1. The maximum atomic E-state index is 13.1. The van der Waals surface area contributed by atoms with Crippen molar-refractivity contribution in [1.82, 2.24) is 9.62 Å². The number of rotatable bonds is 15. The Morgan fingerprint density at radius 1 is 0.959 bits per heavy atom. The lowest BCUT2D eigenvalue weighted by molar-refractivity contribution is 0.0117. The van der Waals surface area contributed by atoms with E-state index in [2.05, 4.69) is 4.72 Å². The fraction of sp³-hybridized carbons (Fsp3) is 0.459. The number of amides is 2. The van der Waals surface area contributed by atoms with Gasteiger partial charge >= 0.3 is 6.09 Å². The molecule has 1 atom stereocenters. The summed E-state index contributed by atoms with van der Waals surface area (Å²) in [4.78, 5) is 27.5. The van der Waals surface area contributed by atoms with Gasteiger partial charge in [-0.05, 0) is 93.8 Å². The Kier molecular flexibility index (Phi) is 13.5. The third-order valence-corrected chi connectivity index (χ3v) is 9.26. The van der Waals surface area contributed by atoms with E-state index in [1.807, 2.05) is 30.3 Å². The largest absolute Gasteiger partial charge is 0.492 e. The summed E-state index contributed by atoms with van der Waals surface area (Å²) in [6.07, 6.45) is 3.36. The molecule has 0 unspecified atom stereocenters. The quantitative estimate of drug-likeness (QED) is 0.178. The highest BCUT2D eigenvalue weighted by Gasteiger charge is 2.25. The third kappa shape index (κ3) is 12.1. The first-order valence-corrected chi connectivity index (χ1v) is 18.4. The number of hydrogen-bond donors (Lipinski definition) is 3. The van der Waals surface area contributed by atoms with Crippen LogP contribution in [0.4, 0.5) is 4.79 Å². The molecule has 3 aromatic carbocycles. The molecule has 0 aliphatic heterocycles. The molecule has 0 radical (unpaired) electrons. The lowest BCUT2D eigenvalue weighted by Crippen LogP contribution is -2.41. The van der Waals surface area contributed by atoms with Gasteiger partial charge in [-0.1, -0.05) is 55.0 Å². The van der Waals surface area contributed by atoms with Gasteiger partial charge in [0.05, 0.1) is 36.6 Å². The smallest absolute Gasteiger partial charge is 0.410 e. The summed E-state index contributed by atoms with van der Waals surface area (Å²) in [5, 5.41) is 19.8. The van der Waals surface area contributed by atoms with E-state index in [1.165, 1.54) is 4.90 Å². The van der Waals surface area contributed by atoms with Crippen LogP contribution in [0.2, 0.25) is 0 Å². The van der Waals surface area contributed by atoms with Crippen LogP contribution in [-0.4, -0.2) is 79.3 Å². The van der Waals surface area contributed by atoms with Crippen molar-refractivity contribution in [2.24, 2.45) is 0 Å². The van der Waals surface area contributed by atoms with Gasteiger partial charge in [0.2, 0.25) is 10.0 Å². The summed E-state index contributed by atoms with van der Waals surface area (Å²) in [5.74, 6) is -0.274. The van der Waals surface area contributed by atoms with Crippen LogP contribution in [0.15, 0.2) is 72.8 Å². The van der Waals surface area contributed by atoms with Gasteiger partial charge in [0, 0.05) is 6.61 Å². The maximum Gasteiger partial charge on any atom is 0.410 e. The summed E-state index contributed by atoms with van der Waals surface area (Å²) in [5.41, 5.74) is 1.70. The average molecular weight is 697 g/mol. The van der Waals surface area contributed by atoms with Crippen molar-refractivity contribution < 1.29 is 42.4 Å². The topological polar surface area (TPSA) is 152 Å². The van der Waals surface area contributed by atoms with Crippen molar-refractivity contribution in [1.29, 1.82) is 0 Å². The molecule has 49 heavy (non-hydrogen) atoms. The minimum atomic E-state index is -3.92. The zero-order valence-corrected chi connectivity index (χ0v) is 29.3. The highest BCUT2D eigenvalue weighted by atomic mass is 32.2. The predicted molar refractivity (Wildman–Crippen MR) is 187 cm³/mol. The van der Waals surface area contributed by atoms with E-state index in [1.54, 1.807) is 63.2 Å². The van der Waals surface area contributed by atoms with Crippen molar-refractivity contribution in [3.05, 3.63) is 83.9 Å². The van der Waals surface area contributed by atoms with Crippen LogP contribution in [-0.2, 0) is 14.8 Å². The van der Waals surface area contributed by atoms with Crippen LogP contribution >= 0.6 is 0 Å². The lowest BCUT2D eigenvalue weighted by Gasteiger charge is -2.29. The van der Waals surface area contributed by atoms with Crippen LogP contribution in [0.1, 0.15) is 81.3 Å². The summed E-state index contributed by atoms with van der Waals surface area (Å²) in [6, 6.07) is 21.5. The van der Waals surface area contributed by atoms with Gasteiger partial charge in [-0.25, -0.2) is 17.9 Å². The monoisotopic (exact) mass is 696 g/mol. The van der Waals surface area contributed by atoms with Crippen molar-refractivity contribution in [3.8, 4) is 22.6 Å². The fourth-order valence-electron chi connectivity index (χ4n) is 5.44. The molecule has 1 saturated carbocycles. The minimum absolute atomic E-state index is 0.0199.